The lowest BCUT2D eigenvalue weighted by Crippen LogP contribution is -2.12. The van der Waals surface area contributed by atoms with E-state index in [1.807, 2.05) is 6.07 Å². The normalized spacial score (nSPS) is 10.8. The number of benzene rings is 2. The number of hydrogen-bond acceptors (Lipinski definition) is 2. The summed E-state index contributed by atoms with van der Waals surface area (Å²) in [5.41, 5.74) is 2.81. The van der Waals surface area contributed by atoms with E-state index in [0.29, 0.717) is 16.4 Å². The Hall–Kier alpha value is -2.30. The minimum absolute atomic E-state index is 0.0169. The Morgan fingerprint density at radius 1 is 1.14 bits per heavy atom. The first-order valence-corrected chi connectivity index (χ1v) is 6.83. The van der Waals surface area contributed by atoms with Gasteiger partial charge in [-0.3, -0.25) is 4.79 Å². The Labute approximate surface area is 126 Å². The van der Waals surface area contributed by atoms with Gasteiger partial charge in [0.15, 0.2) is 0 Å². The minimum atomic E-state index is -0.223. The van der Waals surface area contributed by atoms with Crippen molar-refractivity contribution < 1.29 is 9.90 Å². The molecule has 0 saturated heterocycles. The summed E-state index contributed by atoms with van der Waals surface area (Å²) in [6.07, 6.45) is 0. The second-order valence-corrected chi connectivity index (χ2v) is 5.16. The molecule has 2 aromatic carbocycles. The SMILES string of the molecule is O=C(Nc1ccc(CO)cc1)c1cc2cc(Cl)ccc2[nH]1. The molecule has 0 fully saturated rings. The van der Waals surface area contributed by atoms with E-state index in [-0.39, 0.29) is 12.5 Å². The van der Waals surface area contributed by atoms with Crippen LogP contribution in [-0.4, -0.2) is 16.0 Å². The predicted molar refractivity (Wildman–Crippen MR) is 83.6 cm³/mol. The maximum atomic E-state index is 12.2. The Balaban J connectivity index is 1.82. The summed E-state index contributed by atoms with van der Waals surface area (Å²) >= 11 is 5.93. The van der Waals surface area contributed by atoms with Crippen molar-refractivity contribution in [2.75, 3.05) is 5.32 Å². The van der Waals surface area contributed by atoms with Gasteiger partial charge in [0, 0.05) is 21.6 Å². The van der Waals surface area contributed by atoms with Crippen LogP contribution in [0.5, 0.6) is 0 Å². The van der Waals surface area contributed by atoms with Crippen LogP contribution in [0.25, 0.3) is 10.9 Å². The van der Waals surface area contributed by atoms with E-state index < -0.39 is 0 Å². The van der Waals surface area contributed by atoms with Crippen LogP contribution in [0.3, 0.4) is 0 Å². The molecule has 3 aromatic rings. The molecule has 0 unspecified atom stereocenters. The number of fused-ring (bicyclic) bond motifs is 1. The highest BCUT2D eigenvalue weighted by atomic mass is 35.5. The van der Waals surface area contributed by atoms with Crippen molar-refractivity contribution in [3.63, 3.8) is 0 Å². The van der Waals surface area contributed by atoms with E-state index in [4.69, 9.17) is 16.7 Å². The van der Waals surface area contributed by atoms with Gasteiger partial charge < -0.3 is 15.4 Å². The first kappa shape index (κ1) is 13.7. The van der Waals surface area contributed by atoms with Gasteiger partial charge in [-0.15, -0.1) is 0 Å². The number of nitrogens with one attached hydrogen (secondary N) is 2. The standard InChI is InChI=1S/C16H13ClN2O2/c17-12-3-6-14-11(7-12)8-15(19-14)16(21)18-13-4-1-10(9-20)2-5-13/h1-8,19-20H,9H2,(H,18,21). The Kier molecular flexibility index (Phi) is 3.64. The molecule has 5 heteroatoms. The van der Waals surface area contributed by atoms with Gasteiger partial charge in [0.05, 0.1) is 6.61 Å². The Morgan fingerprint density at radius 2 is 1.90 bits per heavy atom. The fourth-order valence-corrected chi connectivity index (χ4v) is 2.30. The van der Waals surface area contributed by atoms with E-state index in [0.717, 1.165) is 16.5 Å². The van der Waals surface area contributed by atoms with E-state index in [1.54, 1.807) is 42.5 Å². The molecule has 21 heavy (non-hydrogen) atoms. The molecule has 106 valence electrons. The lowest BCUT2D eigenvalue weighted by molar-refractivity contribution is 0.102. The fourth-order valence-electron chi connectivity index (χ4n) is 2.12. The number of aromatic amines is 1. The van der Waals surface area contributed by atoms with Gasteiger partial charge in [-0.2, -0.15) is 0 Å². The third kappa shape index (κ3) is 2.91. The number of H-pyrrole nitrogens is 1. The largest absolute Gasteiger partial charge is 0.392 e. The fraction of sp³-hybridized carbons (Fsp3) is 0.0625. The molecule has 1 amide bonds. The zero-order valence-electron chi connectivity index (χ0n) is 11.1. The Bertz CT molecular complexity index is 794. The summed E-state index contributed by atoms with van der Waals surface area (Å²) in [6, 6.07) is 14.2. The monoisotopic (exact) mass is 300 g/mol. The first-order chi connectivity index (χ1) is 10.2. The van der Waals surface area contributed by atoms with Crippen LogP contribution in [0.2, 0.25) is 5.02 Å². The quantitative estimate of drug-likeness (QED) is 0.692. The number of carbonyl (C=O) groups is 1. The van der Waals surface area contributed by atoms with Crippen LogP contribution < -0.4 is 5.32 Å². The van der Waals surface area contributed by atoms with Crippen molar-refractivity contribution in [3.05, 3.63) is 64.8 Å². The number of aliphatic hydroxyl groups excluding tert-OH is 1. The summed E-state index contributed by atoms with van der Waals surface area (Å²) in [7, 11) is 0. The van der Waals surface area contributed by atoms with Crippen molar-refractivity contribution in [2.45, 2.75) is 6.61 Å². The lowest BCUT2D eigenvalue weighted by atomic mass is 10.2. The molecule has 0 aliphatic heterocycles. The summed E-state index contributed by atoms with van der Waals surface area (Å²) in [5, 5.41) is 13.3. The Morgan fingerprint density at radius 3 is 2.62 bits per heavy atom. The number of rotatable bonds is 3. The predicted octanol–water partition coefficient (Wildman–Crippen LogP) is 3.57. The van der Waals surface area contributed by atoms with Crippen LogP contribution in [0, 0.1) is 0 Å². The number of aliphatic hydroxyl groups is 1. The third-order valence-electron chi connectivity index (χ3n) is 3.22. The molecule has 0 atom stereocenters. The van der Waals surface area contributed by atoms with Gasteiger partial charge in [0.25, 0.3) is 5.91 Å². The second kappa shape index (κ2) is 5.60. The number of amides is 1. The van der Waals surface area contributed by atoms with Crippen molar-refractivity contribution in [1.82, 2.24) is 4.98 Å². The van der Waals surface area contributed by atoms with Crippen molar-refractivity contribution >= 4 is 34.1 Å². The van der Waals surface area contributed by atoms with E-state index >= 15 is 0 Å². The molecule has 0 radical (unpaired) electrons. The average Bonchev–Trinajstić information content (AvgIpc) is 2.91. The third-order valence-corrected chi connectivity index (χ3v) is 3.46. The van der Waals surface area contributed by atoms with Gasteiger partial charge in [-0.05, 0) is 42.0 Å². The summed E-state index contributed by atoms with van der Waals surface area (Å²) in [6.45, 7) is -0.0169. The molecule has 0 saturated carbocycles. The van der Waals surface area contributed by atoms with Gasteiger partial charge in [-0.1, -0.05) is 23.7 Å². The molecule has 0 bridgehead atoms. The maximum Gasteiger partial charge on any atom is 0.272 e. The number of anilines is 1. The molecule has 1 heterocycles. The number of carbonyl (C=O) groups excluding carboxylic acids is 1. The van der Waals surface area contributed by atoms with Crippen LogP contribution in [0.15, 0.2) is 48.5 Å². The number of halogens is 1. The van der Waals surface area contributed by atoms with Gasteiger partial charge >= 0.3 is 0 Å². The van der Waals surface area contributed by atoms with Gasteiger partial charge in [0.1, 0.15) is 5.69 Å². The molecule has 3 N–H and O–H groups in total. The van der Waals surface area contributed by atoms with Gasteiger partial charge in [-0.25, -0.2) is 0 Å². The van der Waals surface area contributed by atoms with E-state index in [1.165, 1.54) is 0 Å². The molecule has 0 aliphatic carbocycles. The first-order valence-electron chi connectivity index (χ1n) is 6.45. The average molecular weight is 301 g/mol. The molecular weight excluding hydrogens is 288 g/mol. The van der Waals surface area contributed by atoms with E-state index in [2.05, 4.69) is 10.3 Å². The van der Waals surface area contributed by atoms with E-state index in [9.17, 15) is 4.79 Å². The van der Waals surface area contributed by atoms with Crippen LogP contribution >= 0.6 is 11.6 Å². The highest BCUT2D eigenvalue weighted by Crippen LogP contribution is 2.20. The second-order valence-electron chi connectivity index (χ2n) is 4.72. The highest BCUT2D eigenvalue weighted by Gasteiger charge is 2.10. The topological polar surface area (TPSA) is 65.1 Å². The number of aromatic nitrogens is 1. The van der Waals surface area contributed by atoms with Crippen LogP contribution in [0.4, 0.5) is 5.69 Å². The summed E-state index contributed by atoms with van der Waals surface area (Å²) in [4.78, 5) is 15.3. The molecule has 0 spiro atoms. The lowest BCUT2D eigenvalue weighted by Gasteiger charge is -2.04. The number of hydrogen-bond donors (Lipinski definition) is 3. The van der Waals surface area contributed by atoms with Crippen molar-refractivity contribution in [2.24, 2.45) is 0 Å². The maximum absolute atomic E-state index is 12.2. The van der Waals surface area contributed by atoms with Crippen LogP contribution in [0.1, 0.15) is 16.1 Å². The molecule has 3 rings (SSSR count). The zero-order valence-corrected chi connectivity index (χ0v) is 11.8. The summed E-state index contributed by atoms with van der Waals surface area (Å²) < 4.78 is 0. The van der Waals surface area contributed by atoms with Gasteiger partial charge in [0.2, 0.25) is 0 Å². The molecule has 4 nitrogen and oxygen atoms in total. The zero-order chi connectivity index (χ0) is 14.8. The van der Waals surface area contributed by atoms with Crippen molar-refractivity contribution in [3.8, 4) is 0 Å². The van der Waals surface area contributed by atoms with Crippen molar-refractivity contribution in [1.29, 1.82) is 0 Å². The molecule has 1 aromatic heterocycles. The molecular formula is C16H13ClN2O2. The highest BCUT2D eigenvalue weighted by molar-refractivity contribution is 6.31. The smallest absolute Gasteiger partial charge is 0.272 e. The van der Waals surface area contributed by atoms with Crippen LogP contribution in [-0.2, 0) is 6.61 Å². The minimum Gasteiger partial charge on any atom is -0.392 e. The molecule has 0 aliphatic rings. The summed E-state index contributed by atoms with van der Waals surface area (Å²) in [5.74, 6) is -0.223.